The van der Waals surface area contributed by atoms with Crippen LogP contribution in [0, 0.1) is 12.8 Å². The van der Waals surface area contributed by atoms with Crippen molar-refractivity contribution in [2.45, 2.75) is 51.1 Å². The summed E-state index contributed by atoms with van der Waals surface area (Å²) in [5.74, 6) is 0.982. The predicted molar refractivity (Wildman–Crippen MR) is 119 cm³/mol. The number of aromatic nitrogens is 2. The summed E-state index contributed by atoms with van der Waals surface area (Å²) in [6, 6.07) is 20.2. The Balaban J connectivity index is 0.00000289. The van der Waals surface area contributed by atoms with Gasteiger partial charge in [-0.1, -0.05) is 60.7 Å². The van der Waals surface area contributed by atoms with Crippen molar-refractivity contribution in [2.24, 2.45) is 11.7 Å². The molecule has 2 aromatic carbocycles. The molecule has 1 aromatic heterocycles. The van der Waals surface area contributed by atoms with Crippen LogP contribution in [0.1, 0.15) is 49.2 Å². The molecule has 0 aliphatic heterocycles. The quantitative estimate of drug-likeness (QED) is 0.484. The second kappa shape index (κ2) is 9.82. The van der Waals surface area contributed by atoms with Gasteiger partial charge in [0.2, 0.25) is 5.91 Å². The number of carbonyl (C=O) groups is 2. The van der Waals surface area contributed by atoms with E-state index in [0.29, 0.717) is 6.54 Å². The molecule has 1 aliphatic carbocycles. The summed E-state index contributed by atoms with van der Waals surface area (Å²) in [6.45, 7) is 4.04. The van der Waals surface area contributed by atoms with Gasteiger partial charge in [-0.3, -0.25) is 9.59 Å². The van der Waals surface area contributed by atoms with Crippen molar-refractivity contribution in [3.8, 4) is 0 Å². The minimum Gasteiger partial charge on any atom is -1.00 e. The lowest BCUT2D eigenvalue weighted by Crippen LogP contribution is -3.00. The van der Waals surface area contributed by atoms with Crippen LogP contribution in [0.5, 0.6) is 0 Å². The molecular formula is C26H30BrN3O2. The minimum absolute atomic E-state index is 0. The molecule has 2 N–H and O–H groups in total. The maximum atomic E-state index is 13.2. The minimum atomic E-state index is -0.867. The van der Waals surface area contributed by atoms with Crippen LogP contribution in [0.25, 0.3) is 0 Å². The Morgan fingerprint density at radius 3 is 2.09 bits per heavy atom. The topological polar surface area (TPSA) is 69.0 Å². The van der Waals surface area contributed by atoms with Crippen LogP contribution in [-0.2, 0) is 21.5 Å². The summed E-state index contributed by atoms with van der Waals surface area (Å²) in [6.07, 6.45) is 6.75. The number of imidazole rings is 1. The fourth-order valence-electron chi connectivity index (χ4n) is 5.44. The highest BCUT2D eigenvalue weighted by Gasteiger charge is 2.51. The number of nitrogens with zero attached hydrogens (tertiary/aromatic N) is 2. The summed E-state index contributed by atoms with van der Waals surface area (Å²) >= 11 is 0. The van der Waals surface area contributed by atoms with E-state index in [1.54, 1.807) is 6.92 Å². The van der Waals surface area contributed by atoms with Crippen molar-refractivity contribution in [2.75, 3.05) is 0 Å². The van der Waals surface area contributed by atoms with E-state index in [9.17, 15) is 9.59 Å². The van der Waals surface area contributed by atoms with E-state index in [0.717, 1.165) is 36.2 Å². The zero-order chi connectivity index (χ0) is 22.0. The molecule has 1 heterocycles. The van der Waals surface area contributed by atoms with Crippen LogP contribution < -0.4 is 27.3 Å². The number of hydrogen-bond acceptors (Lipinski definition) is 2. The highest BCUT2D eigenvalue weighted by Crippen LogP contribution is 2.48. The van der Waals surface area contributed by atoms with Crippen molar-refractivity contribution >= 4 is 11.7 Å². The number of Topliss-reactive ketones (excluding diaryl/α,β-unsaturated/α-hetero) is 1. The average Bonchev–Trinajstić information content (AvgIpc) is 3.37. The van der Waals surface area contributed by atoms with Gasteiger partial charge >= 0.3 is 0 Å². The third kappa shape index (κ3) is 4.16. The Morgan fingerprint density at radius 2 is 1.59 bits per heavy atom. The van der Waals surface area contributed by atoms with Crippen molar-refractivity contribution in [3.63, 3.8) is 0 Å². The Morgan fingerprint density at radius 1 is 1.03 bits per heavy atom. The van der Waals surface area contributed by atoms with Gasteiger partial charge in [-0.15, -0.1) is 0 Å². The molecule has 2 atom stereocenters. The van der Waals surface area contributed by atoms with Gasteiger partial charge < -0.3 is 22.7 Å². The van der Waals surface area contributed by atoms with Gasteiger partial charge in [-0.25, -0.2) is 9.13 Å². The number of rotatable bonds is 7. The average molecular weight is 496 g/mol. The molecule has 4 rings (SSSR count). The molecule has 168 valence electrons. The van der Waals surface area contributed by atoms with Gasteiger partial charge in [0.25, 0.3) is 5.82 Å². The number of primary amides is 1. The molecule has 0 saturated heterocycles. The van der Waals surface area contributed by atoms with Gasteiger partial charge in [0.15, 0.2) is 5.78 Å². The Kier molecular flexibility index (Phi) is 7.34. The van der Waals surface area contributed by atoms with Crippen LogP contribution in [0.4, 0.5) is 0 Å². The third-order valence-corrected chi connectivity index (χ3v) is 6.85. The standard InChI is InChI=1S/C26H29N3O2.BrH/c1-19(30)18-28-15-16-29(20(28)2)24-14-13-23(17-24)26(25(27)31,21-9-5-3-6-10-21)22-11-7-4-8-12-22;/h3-12,15-16,23-24H,13-14,17-18H2,1-2H3,(H-,27,31);1H/t23-,24+;/m1./s1. The number of halogens is 1. The largest absolute Gasteiger partial charge is 1.00 e. The molecule has 0 bridgehead atoms. The summed E-state index contributed by atoms with van der Waals surface area (Å²) < 4.78 is 4.25. The Hall–Kier alpha value is -2.73. The maximum absolute atomic E-state index is 13.2. The lowest BCUT2D eigenvalue weighted by Gasteiger charge is -2.37. The lowest BCUT2D eigenvalue weighted by molar-refractivity contribution is -0.727. The van der Waals surface area contributed by atoms with Gasteiger partial charge in [0, 0.05) is 6.92 Å². The molecule has 0 unspecified atom stereocenters. The second-order valence-electron chi connectivity index (χ2n) is 8.65. The number of amides is 1. The van der Waals surface area contributed by atoms with E-state index in [1.807, 2.05) is 78.4 Å². The highest BCUT2D eigenvalue weighted by molar-refractivity contribution is 5.91. The molecule has 1 aliphatic rings. The van der Waals surface area contributed by atoms with Crippen molar-refractivity contribution in [1.29, 1.82) is 0 Å². The third-order valence-electron chi connectivity index (χ3n) is 6.85. The van der Waals surface area contributed by atoms with Gasteiger partial charge in [-0.2, -0.15) is 0 Å². The first-order valence-corrected chi connectivity index (χ1v) is 10.9. The molecular weight excluding hydrogens is 466 g/mol. The zero-order valence-corrected chi connectivity index (χ0v) is 20.2. The summed E-state index contributed by atoms with van der Waals surface area (Å²) in [5, 5.41) is 0. The van der Waals surface area contributed by atoms with E-state index in [-0.39, 0.29) is 40.6 Å². The molecule has 0 radical (unpaired) electrons. The first kappa shape index (κ1) is 23.9. The van der Waals surface area contributed by atoms with Gasteiger partial charge in [-0.05, 0) is 43.2 Å². The van der Waals surface area contributed by atoms with E-state index in [2.05, 4.69) is 10.8 Å². The summed E-state index contributed by atoms with van der Waals surface area (Å²) in [4.78, 5) is 24.8. The summed E-state index contributed by atoms with van der Waals surface area (Å²) in [5.41, 5.74) is 7.24. The SMILES string of the molecule is CC(=O)Cn1cc[n+]([C@H]2CC[C@@H](C(C(N)=O)(c3ccccc3)c3ccccc3)C2)c1C.[Br-]. The maximum Gasteiger partial charge on any atom is 0.253 e. The van der Waals surface area contributed by atoms with Crippen LogP contribution in [-0.4, -0.2) is 16.3 Å². The predicted octanol–water partition coefficient (Wildman–Crippen LogP) is 0.490. The summed E-state index contributed by atoms with van der Waals surface area (Å²) in [7, 11) is 0. The molecule has 1 amide bonds. The van der Waals surface area contributed by atoms with Crippen LogP contribution >= 0.6 is 0 Å². The fraction of sp³-hybridized carbons (Fsp3) is 0.346. The lowest BCUT2D eigenvalue weighted by atomic mass is 9.64. The molecule has 32 heavy (non-hydrogen) atoms. The Bertz CT molecular complexity index is 1040. The fourth-order valence-corrected chi connectivity index (χ4v) is 5.44. The molecule has 1 fully saturated rings. The molecule has 6 heteroatoms. The van der Waals surface area contributed by atoms with Gasteiger partial charge in [0.1, 0.15) is 30.4 Å². The van der Waals surface area contributed by atoms with Crippen molar-refractivity contribution < 1.29 is 31.1 Å². The monoisotopic (exact) mass is 495 g/mol. The smallest absolute Gasteiger partial charge is 0.253 e. The number of carbonyl (C=O) groups excluding carboxylic acids is 2. The molecule has 0 spiro atoms. The zero-order valence-electron chi connectivity index (χ0n) is 18.6. The number of nitrogens with two attached hydrogens (primary N) is 1. The number of hydrogen-bond donors (Lipinski definition) is 1. The normalized spacial score (nSPS) is 18.2. The first-order chi connectivity index (χ1) is 14.9. The van der Waals surface area contributed by atoms with Crippen LogP contribution in [0.2, 0.25) is 0 Å². The highest BCUT2D eigenvalue weighted by atomic mass is 79.9. The van der Waals surface area contributed by atoms with Crippen LogP contribution in [0.15, 0.2) is 73.1 Å². The number of benzene rings is 2. The van der Waals surface area contributed by atoms with E-state index < -0.39 is 5.41 Å². The first-order valence-electron chi connectivity index (χ1n) is 10.9. The molecule has 5 nitrogen and oxygen atoms in total. The second-order valence-corrected chi connectivity index (χ2v) is 8.65. The van der Waals surface area contributed by atoms with E-state index >= 15 is 0 Å². The van der Waals surface area contributed by atoms with Crippen molar-refractivity contribution in [1.82, 2.24) is 4.57 Å². The number of ketones is 1. The van der Waals surface area contributed by atoms with E-state index in [1.165, 1.54) is 0 Å². The van der Waals surface area contributed by atoms with E-state index in [4.69, 9.17) is 5.73 Å². The molecule has 3 aromatic rings. The van der Waals surface area contributed by atoms with Crippen molar-refractivity contribution in [3.05, 3.63) is 90.0 Å². The molecule has 1 saturated carbocycles. The Labute approximate surface area is 200 Å². The van der Waals surface area contributed by atoms with Gasteiger partial charge in [0.05, 0.1) is 0 Å². The van der Waals surface area contributed by atoms with Crippen LogP contribution in [0.3, 0.4) is 0 Å².